The second-order valence-electron chi connectivity index (χ2n) is 3.90. The van der Waals surface area contributed by atoms with Crippen LogP contribution in [0.4, 0.5) is 5.69 Å². The minimum Gasteiger partial charge on any atom is -1.00 e. The number of amidine groups is 1. The molecule has 0 bridgehead atoms. The molecule has 18 heavy (non-hydrogen) atoms. The molecule has 0 saturated heterocycles. The molecule has 0 aliphatic carbocycles. The number of thioether (sulfide) groups is 1. The Bertz CT molecular complexity index is 459. The first kappa shape index (κ1) is 17.2. The Morgan fingerprint density at radius 2 is 1.83 bits per heavy atom. The van der Waals surface area contributed by atoms with Crippen LogP contribution in [0.3, 0.4) is 0 Å². The summed E-state index contributed by atoms with van der Waals surface area (Å²) >= 11 is 1.39. The lowest BCUT2D eigenvalue weighted by molar-refractivity contribution is -0.466. The molecule has 100 valence electrons. The van der Waals surface area contributed by atoms with Gasteiger partial charge >= 0.3 is 5.17 Å². The lowest BCUT2D eigenvalue weighted by atomic mass is 10.3. The standard InChI is InChI=1S/C11H16N3O2S.HI/c1-12(2)11(13(3)4)17-10-8-6-5-7-9(10)14(15)16;/h5-8H,1-4H3;1H/q+1;/p-1. The van der Waals surface area contributed by atoms with E-state index in [1.54, 1.807) is 18.2 Å². The van der Waals surface area contributed by atoms with Crippen molar-refractivity contribution in [2.75, 3.05) is 28.2 Å². The summed E-state index contributed by atoms with van der Waals surface area (Å²) in [4.78, 5) is 13.1. The van der Waals surface area contributed by atoms with Crippen LogP contribution in [0.5, 0.6) is 0 Å². The largest absolute Gasteiger partial charge is 1.00 e. The molecule has 0 fully saturated rings. The highest BCUT2D eigenvalue weighted by Gasteiger charge is 2.20. The normalized spacial score (nSPS) is 9.33. The second kappa shape index (κ2) is 7.57. The van der Waals surface area contributed by atoms with Gasteiger partial charge < -0.3 is 24.0 Å². The molecule has 1 rings (SSSR count). The van der Waals surface area contributed by atoms with Crippen molar-refractivity contribution in [3.63, 3.8) is 0 Å². The molecule has 1 aromatic rings. The zero-order chi connectivity index (χ0) is 13.0. The van der Waals surface area contributed by atoms with Crippen LogP contribution in [-0.4, -0.2) is 47.8 Å². The van der Waals surface area contributed by atoms with Gasteiger partial charge in [0, 0.05) is 17.8 Å². The minimum absolute atomic E-state index is 0. The smallest absolute Gasteiger partial charge is 0.312 e. The van der Waals surface area contributed by atoms with E-state index in [2.05, 4.69) is 0 Å². The molecule has 7 heteroatoms. The van der Waals surface area contributed by atoms with Crippen molar-refractivity contribution in [3.8, 4) is 0 Å². The number of benzene rings is 1. The van der Waals surface area contributed by atoms with Gasteiger partial charge in [0.25, 0.3) is 5.69 Å². The van der Waals surface area contributed by atoms with Gasteiger partial charge in [-0.2, -0.15) is 0 Å². The molecule has 5 nitrogen and oxygen atoms in total. The molecule has 0 radical (unpaired) electrons. The van der Waals surface area contributed by atoms with E-state index in [0.29, 0.717) is 4.90 Å². The highest BCUT2D eigenvalue weighted by Crippen LogP contribution is 2.29. The Morgan fingerprint density at radius 1 is 1.28 bits per heavy atom. The van der Waals surface area contributed by atoms with Crippen LogP contribution in [0.15, 0.2) is 29.2 Å². The van der Waals surface area contributed by atoms with E-state index in [9.17, 15) is 10.1 Å². The van der Waals surface area contributed by atoms with Gasteiger partial charge in [0.1, 0.15) is 0 Å². The number of nitro groups is 1. The van der Waals surface area contributed by atoms with Crippen molar-refractivity contribution in [1.82, 2.24) is 4.90 Å². The van der Waals surface area contributed by atoms with Gasteiger partial charge in [-0.3, -0.25) is 19.6 Å². The van der Waals surface area contributed by atoms with Crippen LogP contribution in [0.25, 0.3) is 0 Å². The maximum absolute atomic E-state index is 10.9. The van der Waals surface area contributed by atoms with Gasteiger partial charge in [-0.05, 0) is 6.07 Å². The fraction of sp³-hybridized carbons (Fsp3) is 0.364. The predicted molar refractivity (Wildman–Crippen MR) is 69.8 cm³/mol. The summed E-state index contributed by atoms with van der Waals surface area (Å²) in [5, 5.41) is 11.8. The van der Waals surface area contributed by atoms with Crippen molar-refractivity contribution in [2.45, 2.75) is 4.90 Å². The summed E-state index contributed by atoms with van der Waals surface area (Å²) < 4.78 is 1.93. The maximum Gasteiger partial charge on any atom is 0.312 e. The van der Waals surface area contributed by atoms with Crippen molar-refractivity contribution >= 4 is 22.6 Å². The van der Waals surface area contributed by atoms with Gasteiger partial charge in [-0.25, -0.2) is 0 Å². The number of hydrogen-bond donors (Lipinski definition) is 0. The van der Waals surface area contributed by atoms with Gasteiger partial charge in [0.15, 0.2) is 0 Å². The SMILES string of the molecule is CN(C)C(Sc1ccccc1[N+](=O)[O-])=[N+](C)C.[I-]. The number of nitrogens with zero attached hydrogens (tertiary/aromatic N) is 3. The molecular formula is C11H16IN3O2S. The van der Waals surface area contributed by atoms with Crippen molar-refractivity contribution in [2.24, 2.45) is 0 Å². The first-order chi connectivity index (χ1) is 7.93. The molecule has 0 aromatic heterocycles. The molecule has 0 aliphatic heterocycles. The van der Waals surface area contributed by atoms with E-state index in [-0.39, 0.29) is 34.6 Å². The number of halogens is 1. The molecular weight excluding hydrogens is 365 g/mol. The molecule has 0 aliphatic rings. The second-order valence-corrected chi connectivity index (χ2v) is 4.91. The Balaban J connectivity index is 0.00000289. The Hall–Kier alpha value is -0.830. The average molecular weight is 381 g/mol. The van der Waals surface area contributed by atoms with Gasteiger partial charge in [0.05, 0.1) is 38.0 Å². The molecule has 0 atom stereocenters. The van der Waals surface area contributed by atoms with Crippen LogP contribution < -0.4 is 24.0 Å². The molecule has 0 N–H and O–H groups in total. The van der Waals surface area contributed by atoms with Gasteiger partial charge in [-0.1, -0.05) is 12.1 Å². The maximum atomic E-state index is 10.9. The number of hydrogen-bond acceptors (Lipinski definition) is 3. The molecule has 0 heterocycles. The van der Waals surface area contributed by atoms with Crippen LogP contribution in [0, 0.1) is 10.1 Å². The third-order valence-corrected chi connectivity index (χ3v) is 3.51. The lowest BCUT2D eigenvalue weighted by Gasteiger charge is -2.10. The summed E-state index contributed by atoms with van der Waals surface area (Å²) in [6.07, 6.45) is 0. The molecule has 0 amide bonds. The predicted octanol–water partition coefficient (Wildman–Crippen LogP) is -1.12. The highest BCUT2D eigenvalue weighted by atomic mass is 127. The summed E-state index contributed by atoms with van der Waals surface area (Å²) in [5.74, 6) is 0. The van der Waals surface area contributed by atoms with Crippen LogP contribution in [0.2, 0.25) is 0 Å². The number of rotatable bonds is 2. The Labute approximate surface area is 128 Å². The zero-order valence-corrected chi connectivity index (χ0v) is 13.7. The van der Waals surface area contributed by atoms with Crippen molar-refractivity contribution < 1.29 is 33.5 Å². The van der Waals surface area contributed by atoms with E-state index in [1.807, 2.05) is 37.7 Å². The molecule has 0 spiro atoms. The third kappa shape index (κ3) is 4.45. The van der Waals surface area contributed by atoms with Crippen molar-refractivity contribution in [3.05, 3.63) is 34.4 Å². The van der Waals surface area contributed by atoms with Crippen LogP contribution in [-0.2, 0) is 0 Å². The number of para-hydroxylation sites is 1. The lowest BCUT2D eigenvalue weighted by Crippen LogP contribution is -3.00. The average Bonchev–Trinajstić information content (AvgIpc) is 2.25. The quantitative estimate of drug-likeness (QED) is 0.124. The van der Waals surface area contributed by atoms with E-state index >= 15 is 0 Å². The topological polar surface area (TPSA) is 49.4 Å². The summed E-state index contributed by atoms with van der Waals surface area (Å²) in [6, 6.07) is 6.76. The van der Waals surface area contributed by atoms with Gasteiger partial charge in [0.2, 0.25) is 0 Å². The minimum atomic E-state index is -0.356. The molecule has 0 unspecified atom stereocenters. The fourth-order valence-electron chi connectivity index (χ4n) is 1.38. The van der Waals surface area contributed by atoms with E-state index in [4.69, 9.17) is 0 Å². The number of nitro benzene ring substituents is 1. The summed E-state index contributed by atoms with van der Waals surface area (Å²) in [6.45, 7) is 0. The first-order valence-corrected chi connectivity index (χ1v) is 5.88. The highest BCUT2D eigenvalue weighted by molar-refractivity contribution is 8.13. The summed E-state index contributed by atoms with van der Waals surface area (Å²) in [5.41, 5.74) is 0.138. The van der Waals surface area contributed by atoms with Crippen LogP contribution in [0.1, 0.15) is 0 Å². The Kier molecular flexibility index (Phi) is 7.22. The first-order valence-electron chi connectivity index (χ1n) is 5.06. The molecule has 1 aromatic carbocycles. The van der Waals surface area contributed by atoms with E-state index in [0.717, 1.165) is 5.17 Å². The molecule has 0 saturated carbocycles. The summed E-state index contributed by atoms with van der Waals surface area (Å²) in [7, 11) is 7.66. The zero-order valence-electron chi connectivity index (χ0n) is 10.8. The van der Waals surface area contributed by atoms with E-state index in [1.165, 1.54) is 17.8 Å². The third-order valence-electron chi connectivity index (χ3n) is 2.03. The Morgan fingerprint density at radius 3 is 2.28 bits per heavy atom. The van der Waals surface area contributed by atoms with Crippen molar-refractivity contribution in [1.29, 1.82) is 0 Å². The monoisotopic (exact) mass is 381 g/mol. The fourth-order valence-corrected chi connectivity index (χ4v) is 2.33. The van der Waals surface area contributed by atoms with Gasteiger partial charge in [-0.15, -0.1) is 0 Å². The van der Waals surface area contributed by atoms with Crippen LogP contribution >= 0.6 is 11.8 Å². The van der Waals surface area contributed by atoms with E-state index < -0.39 is 0 Å².